The van der Waals surface area contributed by atoms with Crippen LogP contribution in [0.5, 0.6) is 0 Å². The highest BCUT2D eigenvalue weighted by Crippen LogP contribution is 2.29. The van der Waals surface area contributed by atoms with Gasteiger partial charge in [0.1, 0.15) is 5.78 Å². The van der Waals surface area contributed by atoms with Crippen molar-refractivity contribution >= 4 is 21.7 Å². The summed E-state index contributed by atoms with van der Waals surface area (Å²) >= 11 is 3.54. The molecule has 0 aromatic heterocycles. The third-order valence-electron chi connectivity index (χ3n) is 2.19. The maximum Gasteiger partial charge on any atom is 0.132 e. The van der Waals surface area contributed by atoms with Crippen LogP contribution in [0.3, 0.4) is 0 Å². The molecule has 1 aliphatic rings. The van der Waals surface area contributed by atoms with Gasteiger partial charge < -0.3 is 0 Å². The summed E-state index contributed by atoms with van der Waals surface area (Å²) in [5, 5.41) is 0. The molecule has 10 heavy (non-hydrogen) atoms. The van der Waals surface area contributed by atoms with Gasteiger partial charge in [0.05, 0.1) is 0 Å². The van der Waals surface area contributed by atoms with E-state index in [0.717, 1.165) is 12.8 Å². The maximum atomic E-state index is 10.9. The standard InChI is InChI=1S/C8H13BrO/c1-6(10)7-3-2-4-8(9)5-7/h7-8H,2-5H2,1H3. The summed E-state index contributed by atoms with van der Waals surface area (Å²) in [5.41, 5.74) is 0. The average Bonchev–Trinajstić information content (AvgIpc) is 1.88. The first kappa shape index (κ1) is 8.25. The summed E-state index contributed by atoms with van der Waals surface area (Å²) in [7, 11) is 0. The molecule has 0 aliphatic heterocycles. The van der Waals surface area contributed by atoms with Crippen LogP contribution in [0.2, 0.25) is 0 Å². The number of alkyl halides is 1. The highest BCUT2D eigenvalue weighted by Gasteiger charge is 2.22. The van der Waals surface area contributed by atoms with Crippen molar-refractivity contribution in [1.29, 1.82) is 0 Å². The smallest absolute Gasteiger partial charge is 0.132 e. The molecule has 0 saturated heterocycles. The molecule has 0 aromatic carbocycles. The van der Waals surface area contributed by atoms with Crippen molar-refractivity contribution in [3.63, 3.8) is 0 Å². The van der Waals surface area contributed by atoms with Crippen LogP contribution in [0.4, 0.5) is 0 Å². The molecule has 1 fully saturated rings. The molecule has 1 saturated carbocycles. The Morgan fingerprint density at radius 1 is 1.50 bits per heavy atom. The van der Waals surface area contributed by atoms with E-state index < -0.39 is 0 Å². The molecule has 2 unspecified atom stereocenters. The number of hydrogen-bond acceptors (Lipinski definition) is 1. The Bertz CT molecular complexity index is 133. The summed E-state index contributed by atoms with van der Waals surface area (Å²) in [6.45, 7) is 1.70. The normalized spacial score (nSPS) is 33.8. The van der Waals surface area contributed by atoms with Gasteiger partial charge in [-0.2, -0.15) is 0 Å². The Balaban J connectivity index is 2.39. The van der Waals surface area contributed by atoms with E-state index in [1.54, 1.807) is 6.92 Å². The molecular formula is C8H13BrO. The van der Waals surface area contributed by atoms with Gasteiger partial charge in [-0.1, -0.05) is 22.4 Å². The number of carbonyl (C=O) groups is 1. The van der Waals surface area contributed by atoms with Gasteiger partial charge in [-0.15, -0.1) is 0 Å². The Kier molecular flexibility index (Phi) is 2.90. The Hall–Kier alpha value is 0.150. The molecule has 0 N–H and O–H groups in total. The molecule has 58 valence electrons. The molecular weight excluding hydrogens is 192 g/mol. The lowest BCUT2D eigenvalue weighted by molar-refractivity contribution is -0.121. The number of ketones is 1. The predicted molar refractivity (Wildman–Crippen MR) is 45.4 cm³/mol. The van der Waals surface area contributed by atoms with Crippen LogP contribution >= 0.6 is 15.9 Å². The molecule has 2 atom stereocenters. The number of carbonyl (C=O) groups excluding carboxylic acids is 1. The molecule has 1 nitrogen and oxygen atoms in total. The van der Waals surface area contributed by atoms with Crippen LogP contribution in [0.15, 0.2) is 0 Å². The van der Waals surface area contributed by atoms with Gasteiger partial charge in [-0.25, -0.2) is 0 Å². The van der Waals surface area contributed by atoms with Crippen molar-refractivity contribution in [1.82, 2.24) is 0 Å². The largest absolute Gasteiger partial charge is 0.300 e. The third-order valence-corrected chi connectivity index (χ3v) is 3.02. The lowest BCUT2D eigenvalue weighted by Crippen LogP contribution is -2.20. The second-order valence-electron chi connectivity index (χ2n) is 3.07. The lowest BCUT2D eigenvalue weighted by atomic mass is 9.87. The Labute approximate surface area is 70.3 Å². The molecule has 0 radical (unpaired) electrons. The van der Waals surface area contributed by atoms with Gasteiger partial charge in [0.15, 0.2) is 0 Å². The van der Waals surface area contributed by atoms with Crippen LogP contribution in [-0.4, -0.2) is 10.6 Å². The fourth-order valence-corrected chi connectivity index (χ4v) is 2.27. The van der Waals surface area contributed by atoms with Gasteiger partial charge in [0, 0.05) is 10.7 Å². The first-order valence-corrected chi connectivity index (χ1v) is 4.76. The molecule has 0 amide bonds. The first-order chi connectivity index (χ1) is 4.70. The third kappa shape index (κ3) is 2.08. The van der Waals surface area contributed by atoms with Gasteiger partial charge in [0.2, 0.25) is 0 Å². The van der Waals surface area contributed by atoms with Gasteiger partial charge in [-0.3, -0.25) is 4.79 Å². The molecule has 2 heteroatoms. The van der Waals surface area contributed by atoms with Gasteiger partial charge >= 0.3 is 0 Å². The zero-order valence-corrected chi connectivity index (χ0v) is 7.86. The van der Waals surface area contributed by atoms with Crippen molar-refractivity contribution in [3.8, 4) is 0 Å². The van der Waals surface area contributed by atoms with Crippen molar-refractivity contribution in [2.75, 3.05) is 0 Å². The minimum atomic E-state index is 0.345. The van der Waals surface area contributed by atoms with Crippen LogP contribution in [0.1, 0.15) is 32.6 Å². The quantitative estimate of drug-likeness (QED) is 0.601. The van der Waals surface area contributed by atoms with Crippen LogP contribution in [-0.2, 0) is 4.79 Å². The van der Waals surface area contributed by atoms with Gasteiger partial charge in [-0.05, 0) is 26.2 Å². The zero-order valence-electron chi connectivity index (χ0n) is 6.27. The second kappa shape index (κ2) is 3.51. The Morgan fingerprint density at radius 2 is 2.20 bits per heavy atom. The minimum Gasteiger partial charge on any atom is -0.300 e. The number of Topliss-reactive ketones (excluding diaryl/α,β-unsaturated/α-hetero) is 1. The molecule has 0 heterocycles. The second-order valence-corrected chi connectivity index (χ2v) is 4.37. The summed E-state index contributed by atoms with van der Waals surface area (Å²) < 4.78 is 0. The maximum absolute atomic E-state index is 10.9. The van der Waals surface area contributed by atoms with Crippen molar-refractivity contribution in [3.05, 3.63) is 0 Å². The van der Waals surface area contributed by atoms with E-state index in [4.69, 9.17) is 0 Å². The van der Waals surface area contributed by atoms with E-state index in [-0.39, 0.29) is 0 Å². The van der Waals surface area contributed by atoms with Crippen molar-refractivity contribution in [2.45, 2.75) is 37.4 Å². The fourth-order valence-electron chi connectivity index (χ4n) is 1.50. The van der Waals surface area contributed by atoms with E-state index in [1.165, 1.54) is 12.8 Å². The molecule has 0 aromatic rings. The SMILES string of the molecule is CC(=O)C1CCCC(Br)C1. The summed E-state index contributed by atoms with van der Waals surface area (Å²) in [6, 6.07) is 0. The molecule has 0 bridgehead atoms. The highest BCUT2D eigenvalue weighted by atomic mass is 79.9. The molecule has 1 rings (SSSR count). The van der Waals surface area contributed by atoms with E-state index in [2.05, 4.69) is 15.9 Å². The van der Waals surface area contributed by atoms with E-state index in [0.29, 0.717) is 16.5 Å². The van der Waals surface area contributed by atoms with Crippen LogP contribution in [0, 0.1) is 5.92 Å². The topological polar surface area (TPSA) is 17.1 Å². The van der Waals surface area contributed by atoms with Crippen LogP contribution in [0.25, 0.3) is 0 Å². The van der Waals surface area contributed by atoms with Crippen molar-refractivity contribution < 1.29 is 4.79 Å². The predicted octanol–water partition coefficient (Wildman–Crippen LogP) is 2.53. The molecule has 0 spiro atoms. The van der Waals surface area contributed by atoms with E-state index in [9.17, 15) is 4.79 Å². The summed E-state index contributed by atoms with van der Waals surface area (Å²) in [5.74, 6) is 0.710. The van der Waals surface area contributed by atoms with Crippen molar-refractivity contribution in [2.24, 2.45) is 5.92 Å². The highest BCUT2D eigenvalue weighted by molar-refractivity contribution is 9.09. The van der Waals surface area contributed by atoms with E-state index in [1.807, 2.05) is 0 Å². The monoisotopic (exact) mass is 204 g/mol. The lowest BCUT2D eigenvalue weighted by Gasteiger charge is -2.22. The molecule has 1 aliphatic carbocycles. The summed E-state index contributed by atoms with van der Waals surface area (Å²) in [4.78, 5) is 11.5. The fraction of sp³-hybridized carbons (Fsp3) is 0.875. The number of rotatable bonds is 1. The zero-order chi connectivity index (χ0) is 7.56. The van der Waals surface area contributed by atoms with Crippen LogP contribution < -0.4 is 0 Å². The van der Waals surface area contributed by atoms with E-state index >= 15 is 0 Å². The number of halogens is 1. The first-order valence-electron chi connectivity index (χ1n) is 3.84. The average molecular weight is 205 g/mol. The van der Waals surface area contributed by atoms with Gasteiger partial charge in [0.25, 0.3) is 0 Å². The minimum absolute atomic E-state index is 0.345. The number of hydrogen-bond donors (Lipinski definition) is 0. The summed E-state index contributed by atoms with van der Waals surface area (Å²) in [6.07, 6.45) is 4.61. The Morgan fingerprint density at radius 3 is 2.60 bits per heavy atom.